The van der Waals surface area contributed by atoms with Gasteiger partial charge in [0.15, 0.2) is 0 Å². The van der Waals surface area contributed by atoms with Gasteiger partial charge in [-0.2, -0.15) is 0 Å². The first-order valence-electron chi connectivity index (χ1n) is 7.53. The van der Waals surface area contributed by atoms with E-state index in [9.17, 15) is 9.59 Å². The monoisotopic (exact) mass is 314 g/mol. The van der Waals surface area contributed by atoms with Crippen LogP contribution in [0.4, 0.5) is 0 Å². The number of pyridine rings is 1. The molecule has 2 aromatic rings. The summed E-state index contributed by atoms with van der Waals surface area (Å²) in [5.41, 5.74) is 2.99. The van der Waals surface area contributed by atoms with Gasteiger partial charge in [-0.25, -0.2) is 0 Å². The highest BCUT2D eigenvalue weighted by molar-refractivity contribution is 5.83. The van der Waals surface area contributed by atoms with Crippen molar-refractivity contribution >= 4 is 5.91 Å². The van der Waals surface area contributed by atoms with E-state index in [4.69, 9.17) is 4.74 Å². The summed E-state index contributed by atoms with van der Waals surface area (Å²) in [5.74, 6) is 0.264. The average Bonchev–Trinajstić information content (AvgIpc) is 2.53. The van der Waals surface area contributed by atoms with Crippen LogP contribution in [0.15, 0.2) is 35.1 Å². The zero-order valence-electron chi connectivity index (χ0n) is 13.9. The predicted molar refractivity (Wildman–Crippen MR) is 89.8 cm³/mol. The number of aromatic nitrogens is 1. The fourth-order valence-electron chi connectivity index (χ4n) is 2.49. The van der Waals surface area contributed by atoms with E-state index in [2.05, 4.69) is 10.3 Å². The molecular formula is C18H22N2O3. The summed E-state index contributed by atoms with van der Waals surface area (Å²) >= 11 is 0. The van der Waals surface area contributed by atoms with Gasteiger partial charge in [-0.05, 0) is 50.1 Å². The Morgan fingerprint density at radius 1 is 1.30 bits per heavy atom. The summed E-state index contributed by atoms with van der Waals surface area (Å²) < 4.78 is 5.18. The molecule has 0 fully saturated rings. The molecule has 0 spiro atoms. The number of nitrogens with one attached hydrogen (secondary N) is 2. The molecule has 0 aliphatic rings. The van der Waals surface area contributed by atoms with Crippen LogP contribution >= 0.6 is 0 Å². The van der Waals surface area contributed by atoms with Gasteiger partial charge in [0.2, 0.25) is 5.91 Å². The SMILES string of the molecule is COc1cccc(C(C)C(=O)NCc2c(C)cc(C)[nH]c2=O)c1. The third kappa shape index (κ3) is 4.00. The van der Waals surface area contributed by atoms with Crippen molar-refractivity contribution < 1.29 is 9.53 Å². The number of amides is 1. The first-order chi connectivity index (χ1) is 10.9. The summed E-state index contributed by atoms with van der Waals surface area (Å²) in [7, 11) is 1.59. The summed E-state index contributed by atoms with van der Waals surface area (Å²) in [4.78, 5) is 27.1. The first-order valence-corrected chi connectivity index (χ1v) is 7.53. The van der Waals surface area contributed by atoms with Gasteiger partial charge in [0, 0.05) is 17.8 Å². The van der Waals surface area contributed by atoms with Crippen LogP contribution in [0.1, 0.15) is 35.2 Å². The number of carbonyl (C=O) groups is 1. The van der Waals surface area contributed by atoms with Crippen LogP contribution in [0, 0.1) is 13.8 Å². The van der Waals surface area contributed by atoms with Crippen molar-refractivity contribution in [2.24, 2.45) is 0 Å². The molecule has 0 aliphatic heterocycles. The van der Waals surface area contributed by atoms with Gasteiger partial charge in [-0.1, -0.05) is 12.1 Å². The molecule has 1 atom stereocenters. The minimum Gasteiger partial charge on any atom is -0.497 e. The van der Waals surface area contributed by atoms with E-state index >= 15 is 0 Å². The average molecular weight is 314 g/mol. The Balaban J connectivity index is 2.09. The molecule has 1 heterocycles. The van der Waals surface area contributed by atoms with Gasteiger partial charge in [0.05, 0.1) is 13.0 Å². The lowest BCUT2D eigenvalue weighted by Crippen LogP contribution is -2.30. The highest BCUT2D eigenvalue weighted by Gasteiger charge is 2.16. The standard InChI is InChI=1S/C18H22N2O3/c1-11-8-12(2)20-18(22)16(11)10-19-17(21)13(3)14-6-5-7-15(9-14)23-4/h5-9,13H,10H2,1-4H3,(H,19,21)(H,20,22). The Morgan fingerprint density at radius 2 is 2.04 bits per heavy atom. The minimum atomic E-state index is -0.324. The number of benzene rings is 1. The van der Waals surface area contributed by atoms with Crippen molar-refractivity contribution in [3.05, 3.63) is 63.1 Å². The summed E-state index contributed by atoms with van der Waals surface area (Å²) in [6, 6.07) is 9.31. The van der Waals surface area contributed by atoms with Crippen LogP contribution in [0.5, 0.6) is 5.75 Å². The summed E-state index contributed by atoms with van der Waals surface area (Å²) in [6.07, 6.45) is 0. The molecule has 23 heavy (non-hydrogen) atoms. The second-order valence-corrected chi connectivity index (χ2v) is 5.66. The minimum absolute atomic E-state index is 0.127. The largest absolute Gasteiger partial charge is 0.497 e. The molecule has 1 aromatic heterocycles. The van der Waals surface area contributed by atoms with E-state index in [1.54, 1.807) is 7.11 Å². The maximum absolute atomic E-state index is 12.3. The molecule has 0 saturated carbocycles. The van der Waals surface area contributed by atoms with Gasteiger partial charge in [-0.3, -0.25) is 9.59 Å². The molecule has 1 aromatic carbocycles. The number of ether oxygens (including phenoxy) is 1. The van der Waals surface area contributed by atoms with Crippen LogP contribution in [0.25, 0.3) is 0 Å². The topological polar surface area (TPSA) is 71.2 Å². The normalized spacial score (nSPS) is 11.8. The lowest BCUT2D eigenvalue weighted by atomic mass is 10.00. The molecule has 1 amide bonds. The second-order valence-electron chi connectivity index (χ2n) is 5.66. The summed E-state index contributed by atoms with van der Waals surface area (Å²) in [5, 5.41) is 2.84. The van der Waals surface area contributed by atoms with Gasteiger partial charge < -0.3 is 15.0 Å². The molecule has 2 N–H and O–H groups in total. The van der Waals surface area contributed by atoms with E-state index < -0.39 is 0 Å². The first kappa shape index (κ1) is 16.8. The number of aryl methyl sites for hydroxylation is 2. The highest BCUT2D eigenvalue weighted by atomic mass is 16.5. The zero-order valence-corrected chi connectivity index (χ0v) is 13.9. The van der Waals surface area contributed by atoms with Crippen LogP contribution in [0.3, 0.4) is 0 Å². The van der Waals surface area contributed by atoms with Crippen molar-refractivity contribution in [2.75, 3.05) is 7.11 Å². The van der Waals surface area contributed by atoms with Crippen molar-refractivity contribution in [3.8, 4) is 5.75 Å². The Labute approximate surface area is 135 Å². The Morgan fingerprint density at radius 3 is 2.70 bits per heavy atom. The number of hydrogen-bond acceptors (Lipinski definition) is 3. The van der Waals surface area contributed by atoms with E-state index in [1.807, 2.05) is 51.1 Å². The van der Waals surface area contributed by atoms with Gasteiger partial charge in [0.25, 0.3) is 5.56 Å². The molecule has 0 bridgehead atoms. The van der Waals surface area contributed by atoms with Crippen molar-refractivity contribution in [3.63, 3.8) is 0 Å². The lowest BCUT2D eigenvalue weighted by molar-refractivity contribution is -0.122. The molecule has 1 unspecified atom stereocenters. The highest BCUT2D eigenvalue weighted by Crippen LogP contribution is 2.20. The third-order valence-electron chi connectivity index (χ3n) is 3.92. The smallest absolute Gasteiger partial charge is 0.253 e. The zero-order chi connectivity index (χ0) is 17.0. The van der Waals surface area contributed by atoms with E-state index in [-0.39, 0.29) is 23.9 Å². The van der Waals surface area contributed by atoms with Crippen LogP contribution < -0.4 is 15.6 Å². The van der Waals surface area contributed by atoms with Crippen LogP contribution in [-0.4, -0.2) is 18.0 Å². The second kappa shape index (κ2) is 7.13. The molecular weight excluding hydrogens is 292 g/mol. The molecule has 5 heteroatoms. The molecule has 2 rings (SSSR count). The Kier molecular flexibility index (Phi) is 5.21. The van der Waals surface area contributed by atoms with Crippen molar-refractivity contribution in [1.29, 1.82) is 0 Å². The van der Waals surface area contributed by atoms with Crippen molar-refractivity contribution in [2.45, 2.75) is 33.2 Å². The number of carbonyl (C=O) groups excluding carboxylic acids is 1. The van der Waals surface area contributed by atoms with Gasteiger partial charge in [0.1, 0.15) is 5.75 Å². The maximum atomic E-state index is 12.3. The van der Waals surface area contributed by atoms with Gasteiger partial charge in [-0.15, -0.1) is 0 Å². The number of rotatable bonds is 5. The van der Waals surface area contributed by atoms with E-state index in [0.717, 1.165) is 16.8 Å². The third-order valence-corrected chi connectivity index (χ3v) is 3.92. The van der Waals surface area contributed by atoms with Crippen LogP contribution in [0.2, 0.25) is 0 Å². The number of methoxy groups -OCH3 is 1. The fraction of sp³-hybridized carbons (Fsp3) is 0.333. The maximum Gasteiger partial charge on any atom is 0.253 e. The predicted octanol–water partition coefficient (Wildman–Crippen LogP) is 2.42. The number of aromatic amines is 1. The molecule has 0 saturated heterocycles. The molecule has 0 radical (unpaired) electrons. The summed E-state index contributed by atoms with van der Waals surface area (Å²) in [6.45, 7) is 5.75. The van der Waals surface area contributed by atoms with Crippen molar-refractivity contribution in [1.82, 2.24) is 10.3 Å². The quantitative estimate of drug-likeness (QED) is 0.890. The Bertz CT molecular complexity index is 765. The lowest BCUT2D eigenvalue weighted by Gasteiger charge is -2.14. The number of hydrogen-bond donors (Lipinski definition) is 2. The van der Waals surface area contributed by atoms with Crippen LogP contribution in [-0.2, 0) is 11.3 Å². The van der Waals surface area contributed by atoms with Gasteiger partial charge >= 0.3 is 0 Å². The number of H-pyrrole nitrogens is 1. The molecule has 122 valence electrons. The van der Waals surface area contributed by atoms with E-state index in [1.165, 1.54) is 0 Å². The molecule has 5 nitrogen and oxygen atoms in total. The Hall–Kier alpha value is -2.56. The van der Waals surface area contributed by atoms with E-state index in [0.29, 0.717) is 11.3 Å². The fourth-order valence-corrected chi connectivity index (χ4v) is 2.49. The molecule has 0 aliphatic carbocycles.